The van der Waals surface area contributed by atoms with Gasteiger partial charge in [0.25, 0.3) is 0 Å². The number of benzene rings is 1. The SMILES string of the molecule is CC(C)C(C)C(O)c1ccc2c(c1)C(C)(C)CCC2(C)C. The largest absolute Gasteiger partial charge is 0.388 e. The molecule has 0 aromatic heterocycles. The fraction of sp³-hybridized carbons (Fsp3) is 0.700. The van der Waals surface area contributed by atoms with Crippen LogP contribution in [0.4, 0.5) is 0 Å². The summed E-state index contributed by atoms with van der Waals surface area (Å²) in [7, 11) is 0. The van der Waals surface area contributed by atoms with Crippen molar-refractivity contribution in [3.63, 3.8) is 0 Å². The van der Waals surface area contributed by atoms with E-state index in [4.69, 9.17) is 0 Å². The van der Waals surface area contributed by atoms with E-state index >= 15 is 0 Å². The Balaban J connectivity index is 2.47. The average Bonchev–Trinajstić information content (AvgIpc) is 2.42. The van der Waals surface area contributed by atoms with Gasteiger partial charge < -0.3 is 5.11 Å². The van der Waals surface area contributed by atoms with Gasteiger partial charge in [0, 0.05) is 0 Å². The zero-order valence-corrected chi connectivity index (χ0v) is 14.8. The summed E-state index contributed by atoms with van der Waals surface area (Å²) in [4.78, 5) is 0. The molecule has 2 atom stereocenters. The second-order valence-corrected chi connectivity index (χ2v) is 8.62. The molecule has 0 aliphatic heterocycles. The molecule has 1 aliphatic rings. The summed E-state index contributed by atoms with van der Waals surface area (Å²) < 4.78 is 0. The van der Waals surface area contributed by atoms with Crippen molar-refractivity contribution in [3.05, 3.63) is 34.9 Å². The fourth-order valence-electron chi connectivity index (χ4n) is 3.46. The third-order valence-electron chi connectivity index (χ3n) is 5.77. The van der Waals surface area contributed by atoms with Gasteiger partial charge in [-0.2, -0.15) is 0 Å². The van der Waals surface area contributed by atoms with Crippen LogP contribution in [0, 0.1) is 11.8 Å². The number of fused-ring (bicyclic) bond motifs is 1. The third kappa shape index (κ3) is 3.04. The van der Waals surface area contributed by atoms with Crippen LogP contribution in [0.5, 0.6) is 0 Å². The molecule has 2 unspecified atom stereocenters. The van der Waals surface area contributed by atoms with Crippen LogP contribution in [0.2, 0.25) is 0 Å². The van der Waals surface area contributed by atoms with Gasteiger partial charge in [0.05, 0.1) is 6.10 Å². The molecule has 0 bridgehead atoms. The topological polar surface area (TPSA) is 20.2 Å². The first-order chi connectivity index (χ1) is 9.56. The van der Waals surface area contributed by atoms with Gasteiger partial charge in [0.1, 0.15) is 0 Å². The van der Waals surface area contributed by atoms with Crippen molar-refractivity contribution in [2.75, 3.05) is 0 Å². The first-order valence-electron chi connectivity index (χ1n) is 8.39. The minimum Gasteiger partial charge on any atom is -0.388 e. The van der Waals surface area contributed by atoms with Crippen LogP contribution in [0.3, 0.4) is 0 Å². The summed E-state index contributed by atoms with van der Waals surface area (Å²) in [6, 6.07) is 6.69. The molecule has 0 heterocycles. The Bertz CT molecular complexity index is 511. The lowest BCUT2D eigenvalue weighted by Crippen LogP contribution is -2.34. The van der Waals surface area contributed by atoms with Crippen LogP contribution < -0.4 is 0 Å². The van der Waals surface area contributed by atoms with Crippen molar-refractivity contribution in [2.45, 2.75) is 78.2 Å². The van der Waals surface area contributed by atoms with E-state index in [-0.39, 0.29) is 22.9 Å². The maximum Gasteiger partial charge on any atom is 0.0818 e. The molecule has 1 aromatic rings. The van der Waals surface area contributed by atoms with E-state index in [9.17, 15) is 5.11 Å². The Hall–Kier alpha value is -0.820. The van der Waals surface area contributed by atoms with Gasteiger partial charge in [0.15, 0.2) is 0 Å². The summed E-state index contributed by atoms with van der Waals surface area (Å²) in [6.07, 6.45) is 2.08. The number of hydrogen-bond acceptors (Lipinski definition) is 1. The smallest absolute Gasteiger partial charge is 0.0818 e. The highest BCUT2D eigenvalue weighted by Gasteiger charge is 2.37. The minimum atomic E-state index is -0.365. The monoisotopic (exact) mass is 288 g/mol. The molecule has 0 saturated carbocycles. The predicted octanol–water partition coefficient (Wildman–Crippen LogP) is 5.36. The summed E-state index contributed by atoms with van der Waals surface area (Å²) in [5.74, 6) is 0.767. The number of rotatable bonds is 3. The lowest BCUT2D eigenvalue weighted by atomic mass is 9.62. The van der Waals surface area contributed by atoms with Crippen molar-refractivity contribution in [1.29, 1.82) is 0 Å². The molecule has 21 heavy (non-hydrogen) atoms. The second-order valence-electron chi connectivity index (χ2n) is 8.62. The molecule has 1 nitrogen and oxygen atoms in total. The maximum absolute atomic E-state index is 10.7. The van der Waals surface area contributed by atoms with Crippen molar-refractivity contribution >= 4 is 0 Å². The number of hydrogen-bond donors (Lipinski definition) is 1. The Morgan fingerprint density at radius 3 is 1.95 bits per heavy atom. The lowest BCUT2D eigenvalue weighted by molar-refractivity contribution is 0.0918. The van der Waals surface area contributed by atoms with E-state index < -0.39 is 0 Å². The molecule has 118 valence electrons. The number of aliphatic hydroxyl groups excluding tert-OH is 1. The van der Waals surface area contributed by atoms with Crippen LogP contribution in [-0.2, 0) is 10.8 Å². The molecule has 1 aromatic carbocycles. The molecular weight excluding hydrogens is 256 g/mol. The predicted molar refractivity (Wildman–Crippen MR) is 90.7 cm³/mol. The highest BCUT2D eigenvalue weighted by Crippen LogP contribution is 2.46. The highest BCUT2D eigenvalue weighted by molar-refractivity contribution is 5.44. The van der Waals surface area contributed by atoms with E-state index in [0.717, 1.165) is 5.56 Å². The van der Waals surface area contributed by atoms with Crippen molar-refractivity contribution in [2.24, 2.45) is 11.8 Å². The van der Waals surface area contributed by atoms with E-state index in [2.05, 4.69) is 66.7 Å². The fourth-order valence-corrected chi connectivity index (χ4v) is 3.46. The Morgan fingerprint density at radius 2 is 1.43 bits per heavy atom. The van der Waals surface area contributed by atoms with Crippen molar-refractivity contribution in [1.82, 2.24) is 0 Å². The molecule has 0 radical (unpaired) electrons. The maximum atomic E-state index is 10.7. The first-order valence-corrected chi connectivity index (χ1v) is 8.39. The summed E-state index contributed by atoms with van der Waals surface area (Å²) in [5, 5.41) is 10.7. The van der Waals surface area contributed by atoms with E-state index in [1.807, 2.05) is 0 Å². The Labute approximate surface area is 130 Å². The quantitative estimate of drug-likeness (QED) is 0.793. The molecule has 2 rings (SSSR count). The van der Waals surface area contributed by atoms with Crippen LogP contribution >= 0.6 is 0 Å². The first kappa shape index (κ1) is 16.5. The molecule has 0 fully saturated rings. The molecule has 1 heteroatoms. The van der Waals surface area contributed by atoms with Gasteiger partial charge >= 0.3 is 0 Å². The van der Waals surface area contributed by atoms with Crippen LogP contribution in [-0.4, -0.2) is 5.11 Å². The van der Waals surface area contributed by atoms with Gasteiger partial charge in [-0.3, -0.25) is 0 Å². The van der Waals surface area contributed by atoms with Gasteiger partial charge in [0.2, 0.25) is 0 Å². The normalized spacial score (nSPS) is 22.7. The van der Waals surface area contributed by atoms with Crippen molar-refractivity contribution < 1.29 is 5.11 Å². The van der Waals surface area contributed by atoms with Gasteiger partial charge in [-0.25, -0.2) is 0 Å². The standard InChI is InChI=1S/C20H32O/c1-13(2)14(3)18(21)15-8-9-16-17(12-15)20(6,7)11-10-19(16,4)5/h8-9,12-14,18,21H,10-11H2,1-7H3. The van der Waals surface area contributed by atoms with E-state index in [0.29, 0.717) is 5.92 Å². The van der Waals surface area contributed by atoms with Gasteiger partial charge in [-0.1, -0.05) is 66.7 Å². The lowest BCUT2D eigenvalue weighted by Gasteiger charge is -2.42. The number of aliphatic hydroxyl groups is 1. The Morgan fingerprint density at radius 1 is 0.905 bits per heavy atom. The molecule has 0 spiro atoms. The minimum absolute atomic E-state index is 0.210. The Kier molecular flexibility index (Phi) is 4.28. The third-order valence-corrected chi connectivity index (χ3v) is 5.77. The molecule has 0 amide bonds. The highest BCUT2D eigenvalue weighted by atomic mass is 16.3. The van der Waals surface area contributed by atoms with Crippen LogP contribution in [0.15, 0.2) is 18.2 Å². The second kappa shape index (κ2) is 5.43. The van der Waals surface area contributed by atoms with Crippen LogP contribution in [0.25, 0.3) is 0 Å². The molecule has 0 saturated heterocycles. The van der Waals surface area contributed by atoms with Gasteiger partial charge in [-0.15, -0.1) is 0 Å². The summed E-state index contributed by atoms with van der Waals surface area (Å²) in [5.41, 5.74) is 4.44. The van der Waals surface area contributed by atoms with Crippen LogP contribution in [0.1, 0.15) is 84.1 Å². The zero-order valence-electron chi connectivity index (χ0n) is 14.8. The zero-order chi connectivity index (χ0) is 16.0. The molecule has 1 N–H and O–H groups in total. The molecule has 1 aliphatic carbocycles. The summed E-state index contributed by atoms with van der Waals surface area (Å²) in [6.45, 7) is 15.9. The van der Waals surface area contributed by atoms with E-state index in [1.165, 1.54) is 24.0 Å². The summed E-state index contributed by atoms with van der Waals surface area (Å²) >= 11 is 0. The average molecular weight is 288 g/mol. The van der Waals surface area contributed by atoms with Crippen molar-refractivity contribution in [3.8, 4) is 0 Å². The van der Waals surface area contributed by atoms with Gasteiger partial charge in [-0.05, 0) is 52.2 Å². The molecular formula is C20H32O. The van der Waals surface area contributed by atoms with E-state index in [1.54, 1.807) is 0 Å².